The number of hydrogen-bond donors (Lipinski definition) is 0. The van der Waals surface area contributed by atoms with Crippen LogP contribution in [0.5, 0.6) is 0 Å². The van der Waals surface area contributed by atoms with Crippen molar-refractivity contribution in [1.29, 1.82) is 0 Å². The summed E-state index contributed by atoms with van der Waals surface area (Å²) in [7, 11) is 0. The number of ether oxygens (including phenoxy) is 1. The van der Waals surface area contributed by atoms with Crippen molar-refractivity contribution in [1.82, 2.24) is 0 Å². The lowest BCUT2D eigenvalue weighted by Crippen LogP contribution is -2.31. The van der Waals surface area contributed by atoms with E-state index in [1.54, 1.807) is 0 Å². The highest BCUT2D eigenvalue weighted by molar-refractivity contribution is 5.69. The average molecular weight is 184 g/mol. The maximum absolute atomic E-state index is 11.1. The predicted molar refractivity (Wildman–Crippen MR) is 52.4 cm³/mol. The maximum atomic E-state index is 11.1. The fraction of sp³-hybridized carbons (Fsp3) is 0.909. The SMILES string of the molecule is CCC(=O)OC1CC(C)CCC1C. The van der Waals surface area contributed by atoms with Gasteiger partial charge in [0.25, 0.3) is 0 Å². The van der Waals surface area contributed by atoms with Gasteiger partial charge in [0.15, 0.2) is 0 Å². The molecule has 0 amide bonds. The van der Waals surface area contributed by atoms with E-state index in [2.05, 4.69) is 13.8 Å². The molecular formula is C11H20O2. The zero-order chi connectivity index (χ0) is 9.84. The number of esters is 1. The standard InChI is InChI=1S/C11H20O2/c1-4-11(12)13-10-7-8(2)5-6-9(10)3/h8-10H,4-7H2,1-3H3. The van der Waals surface area contributed by atoms with Crippen LogP contribution in [0.25, 0.3) is 0 Å². The third-order valence-corrected chi connectivity index (χ3v) is 2.96. The highest BCUT2D eigenvalue weighted by atomic mass is 16.5. The quantitative estimate of drug-likeness (QED) is 0.617. The first-order valence-electron chi connectivity index (χ1n) is 5.33. The minimum Gasteiger partial charge on any atom is -0.462 e. The van der Waals surface area contributed by atoms with E-state index in [1.807, 2.05) is 6.92 Å². The first-order valence-corrected chi connectivity index (χ1v) is 5.33. The molecule has 0 aromatic rings. The third-order valence-electron chi connectivity index (χ3n) is 2.96. The van der Waals surface area contributed by atoms with Crippen LogP contribution >= 0.6 is 0 Å². The Labute approximate surface area is 80.7 Å². The minimum absolute atomic E-state index is 0.0500. The molecule has 1 aliphatic rings. The van der Waals surface area contributed by atoms with Crippen molar-refractivity contribution in [3.63, 3.8) is 0 Å². The molecule has 76 valence electrons. The van der Waals surface area contributed by atoms with E-state index in [9.17, 15) is 4.79 Å². The summed E-state index contributed by atoms with van der Waals surface area (Å²) >= 11 is 0. The Bertz CT molecular complexity index is 177. The van der Waals surface area contributed by atoms with Crippen molar-refractivity contribution in [2.75, 3.05) is 0 Å². The van der Waals surface area contributed by atoms with Gasteiger partial charge in [0.1, 0.15) is 6.10 Å². The van der Waals surface area contributed by atoms with Crippen LogP contribution in [0, 0.1) is 11.8 Å². The van der Waals surface area contributed by atoms with Crippen molar-refractivity contribution in [3.05, 3.63) is 0 Å². The van der Waals surface area contributed by atoms with Gasteiger partial charge in [-0.2, -0.15) is 0 Å². The molecule has 0 bridgehead atoms. The van der Waals surface area contributed by atoms with Crippen molar-refractivity contribution in [2.45, 2.75) is 52.6 Å². The molecule has 13 heavy (non-hydrogen) atoms. The molecule has 0 spiro atoms. The summed E-state index contributed by atoms with van der Waals surface area (Å²) in [6, 6.07) is 0. The number of hydrogen-bond acceptors (Lipinski definition) is 2. The van der Waals surface area contributed by atoms with Crippen molar-refractivity contribution in [2.24, 2.45) is 11.8 Å². The summed E-state index contributed by atoms with van der Waals surface area (Å²) in [5, 5.41) is 0. The second kappa shape index (κ2) is 4.64. The summed E-state index contributed by atoms with van der Waals surface area (Å²) in [5.74, 6) is 1.21. The zero-order valence-corrected chi connectivity index (χ0v) is 8.88. The van der Waals surface area contributed by atoms with Gasteiger partial charge in [-0.3, -0.25) is 4.79 Å². The minimum atomic E-state index is -0.0500. The Morgan fingerprint density at radius 2 is 2.08 bits per heavy atom. The van der Waals surface area contributed by atoms with Crippen LogP contribution in [0.15, 0.2) is 0 Å². The first-order chi connectivity index (χ1) is 6.13. The van der Waals surface area contributed by atoms with Crippen molar-refractivity contribution in [3.8, 4) is 0 Å². The van der Waals surface area contributed by atoms with Crippen LogP contribution in [0.3, 0.4) is 0 Å². The Morgan fingerprint density at radius 3 is 2.69 bits per heavy atom. The molecule has 0 heterocycles. The molecule has 0 radical (unpaired) electrons. The largest absolute Gasteiger partial charge is 0.462 e. The van der Waals surface area contributed by atoms with Gasteiger partial charge in [-0.05, 0) is 24.7 Å². The summed E-state index contributed by atoms with van der Waals surface area (Å²) in [5.41, 5.74) is 0. The lowest BCUT2D eigenvalue weighted by molar-refractivity contribution is -0.153. The molecular weight excluding hydrogens is 164 g/mol. The average Bonchev–Trinajstić information content (AvgIpc) is 2.11. The molecule has 0 aromatic carbocycles. The second-order valence-electron chi connectivity index (χ2n) is 4.28. The lowest BCUT2D eigenvalue weighted by Gasteiger charge is -2.32. The Kier molecular flexibility index (Phi) is 3.76. The number of rotatable bonds is 2. The Hall–Kier alpha value is -0.530. The monoisotopic (exact) mass is 184 g/mol. The first kappa shape index (κ1) is 10.6. The van der Waals surface area contributed by atoms with Crippen LogP contribution in [0.2, 0.25) is 0 Å². The van der Waals surface area contributed by atoms with Gasteiger partial charge in [-0.25, -0.2) is 0 Å². The summed E-state index contributed by atoms with van der Waals surface area (Å²) in [4.78, 5) is 11.1. The van der Waals surface area contributed by atoms with E-state index in [0.29, 0.717) is 18.3 Å². The van der Waals surface area contributed by atoms with E-state index in [4.69, 9.17) is 4.74 Å². The Balaban J connectivity index is 2.41. The molecule has 1 aliphatic carbocycles. The van der Waals surface area contributed by atoms with E-state index >= 15 is 0 Å². The highest BCUT2D eigenvalue weighted by Crippen LogP contribution is 2.30. The third kappa shape index (κ3) is 3.02. The van der Waals surface area contributed by atoms with Crippen molar-refractivity contribution < 1.29 is 9.53 Å². The van der Waals surface area contributed by atoms with Gasteiger partial charge in [0.2, 0.25) is 0 Å². The highest BCUT2D eigenvalue weighted by Gasteiger charge is 2.27. The normalized spacial score (nSPS) is 34.2. The van der Waals surface area contributed by atoms with Gasteiger partial charge < -0.3 is 4.74 Å². The molecule has 2 heteroatoms. The van der Waals surface area contributed by atoms with Crippen molar-refractivity contribution >= 4 is 5.97 Å². The van der Waals surface area contributed by atoms with Gasteiger partial charge in [-0.1, -0.05) is 27.2 Å². The Morgan fingerprint density at radius 1 is 1.38 bits per heavy atom. The molecule has 3 atom stereocenters. The molecule has 0 N–H and O–H groups in total. The van der Waals surface area contributed by atoms with Gasteiger partial charge in [-0.15, -0.1) is 0 Å². The van der Waals surface area contributed by atoms with E-state index < -0.39 is 0 Å². The predicted octanol–water partition coefficient (Wildman–Crippen LogP) is 2.76. The number of carbonyl (C=O) groups excluding carboxylic acids is 1. The maximum Gasteiger partial charge on any atom is 0.305 e. The van der Waals surface area contributed by atoms with Crippen LogP contribution < -0.4 is 0 Å². The van der Waals surface area contributed by atoms with Gasteiger partial charge >= 0.3 is 5.97 Å². The molecule has 1 fully saturated rings. The van der Waals surface area contributed by atoms with E-state index in [0.717, 1.165) is 6.42 Å². The molecule has 0 aromatic heterocycles. The molecule has 0 saturated heterocycles. The van der Waals surface area contributed by atoms with Crippen LogP contribution in [-0.2, 0) is 9.53 Å². The molecule has 0 aliphatic heterocycles. The van der Waals surface area contributed by atoms with E-state index in [1.165, 1.54) is 12.8 Å². The van der Waals surface area contributed by atoms with Gasteiger partial charge in [0, 0.05) is 6.42 Å². The summed E-state index contributed by atoms with van der Waals surface area (Å²) in [6.07, 6.45) is 4.20. The summed E-state index contributed by atoms with van der Waals surface area (Å²) < 4.78 is 5.38. The molecule has 1 saturated carbocycles. The van der Waals surface area contributed by atoms with Crippen LogP contribution in [-0.4, -0.2) is 12.1 Å². The summed E-state index contributed by atoms with van der Waals surface area (Å²) in [6.45, 7) is 6.26. The van der Waals surface area contributed by atoms with Gasteiger partial charge in [0.05, 0.1) is 0 Å². The molecule has 1 rings (SSSR count). The fourth-order valence-electron chi connectivity index (χ4n) is 1.90. The van der Waals surface area contributed by atoms with E-state index in [-0.39, 0.29) is 12.1 Å². The second-order valence-corrected chi connectivity index (χ2v) is 4.28. The molecule has 3 unspecified atom stereocenters. The fourth-order valence-corrected chi connectivity index (χ4v) is 1.90. The smallest absolute Gasteiger partial charge is 0.305 e. The van der Waals surface area contributed by atoms with Crippen LogP contribution in [0.4, 0.5) is 0 Å². The van der Waals surface area contributed by atoms with Crippen LogP contribution in [0.1, 0.15) is 46.5 Å². The lowest BCUT2D eigenvalue weighted by atomic mass is 9.82. The molecule has 2 nitrogen and oxygen atoms in total. The topological polar surface area (TPSA) is 26.3 Å². The zero-order valence-electron chi connectivity index (χ0n) is 8.88. The number of carbonyl (C=O) groups is 1.